The minimum atomic E-state index is -3.92. The Morgan fingerprint density at radius 3 is 2.41 bits per heavy atom. The second-order valence-corrected chi connectivity index (χ2v) is 10.6. The van der Waals surface area contributed by atoms with Crippen LogP contribution in [0.2, 0.25) is 0 Å². The highest BCUT2D eigenvalue weighted by Crippen LogP contribution is 2.70. The molecular weight excluding hydrogens is 404 g/mol. The Balaban J connectivity index is 1.71. The van der Waals surface area contributed by atoms with E-state index in [4.69, 9.17) is 9.57 Å². The van der Waals surface area contributed by atoms with Crippen molar-refractivity contribution >= 4 is 33.6 Å². The first-order chi connectivity index (χ1) is 13.5. The van der Waals surface area contributed by atoms with E-state index in [1.54, 1.807) is 0 Å². The molecule has 0 aromatic carbocycles. The van der Waals surface area contributed by atoms with Crippen LogP contribution in [0, 0.1) is 22.7 Å². The summed E-state index contributed by atoms with van der Waals surface area (Å²) in [6.45, 7) is 4.13. The Bertz CT molecular complexity index is 926. The first-order valence-electron chi connectivity index (χ1n) is 9.47. The van der Waals surface area contributed by atoms with Gasteiger partial charge in [-0.1, -0.05) is 19.0 Å². The van der Waals surface area contributed by atoms with Gasteiger partial charge in [0.1, 0.15) is 0 Å². The highest BCUT2D eigenvalue weighted by Gasteiger charge is 2.73. The van der Waals surface area contributed by atoms with E-state index in [0.29, 0.717) is 12.3 Å². The molecule has 3 fully saturated rings. The fourth-order valence-corrected chi connectivity index (χ4v) is 8.39. The van der Waals surface area contributed by atoms with Crippen molar-refractivity contribution in [3.8, 4) is 0 Å². The molecule has 160 valence electrons. The Morgan fingerprint density at radius 1 is 1.17 bits per heavy atom. The molecule has 0 radical (unpaired) electrons. The molecule has 0 aromatic rings. The van der Waals surface area contributed by atoms with Crippen molar-refractivity contribution in [2.75, 3.05) is 20.0 Å². The van der Waals surface area contributed by atoms with Crippen molar-refractivity contribution in [2.45, 2.75) is 45.3 Å². The van der Waals surface area contributed by atoms with Gasteiger partial charge in [0, 0.05) is 5.41 Å². The zero-order valence-corrected chi connectivity index (χ0v) is 17.5. The molecule has 29 heavy (non-hydrogen) atoms. The first-order valence-corrected chi connectivity index (χ1v) is 11.1. The molecule has 0 unspecified atom stereocenters. The number of carbonyl (C=O) groups is 3. The lowest BCUT2D eigenvalue weighted by molar-refractivity contribution is -0.161. The van der Waals surface area contributed by atoms with Crippen LogP contribution in [-0.2, 0) is 38.7 Å². The van der Waals surface area contributed by atoms with Crippen molar-refractivity contribution < 1.29 is 37.1 Å². The van der Waals surface area contributed by atoms with Crippen LogP contribution >= 0.6 is 0 Å². The fourth-order valence-electron chi connectivity index (χ4n) is 5.87. The molecule has 0 N–H and O–H groups in total. The second kappa shape index (κ2) is 6.16. The smallest absolute Gasteiger partial charge is 0.351 e. The lowest BCUT2D eigenvalue weighted by atomic mass is 9.69. The Kier molecular flexibility index (Phi) is 4.28. The predicted molar refractivity (Wildman–Crippen MR) is 97.8 cm³/mol. The van der Waals surface area contributed by atoms with Gasteiger partial charge in [0.15, 0.2) is 11.6 Å². The molecule has 0 aromatic heterocycles. The summed E-state index contributed by atoms with van der Waals surface area (Å²) in [4.78, 5) is 42.6. The average molecular weight is 428 g/mol. The summed E-state index contributed by atoms with van der Waals surface area (Å²) < 4.78 is 36.3. The monoisotopic (exact) mass is 428 g/mol. The van der Waals surface area contributed by atoms with Crippen LogP contribution in [-0.4, -0.2) is 68.4 Å². The summed E-state index contributed by atoms with van der Waals surface area (Å²) in [6, 6.07) is -0.494. The van der Waals surface area contributed by atoms with Crippen molar-refractivity contribution in [1.82, 2.24) is 4.31 Å². The quantitative estimate of drug-likeness (QED) is 0.578. The lowest BCUT2D eigenvalue weighted by Gasteiger charge is -2.37. The summed E-state index contributed by atoms with van der Waals surface area (Å²) in [5.41, 5.74) is -1.19. The number of oxime groups is 1. The zero-order chi connectivity index (χ0) is 21.4. The molecule has 10 nitrogen and oxygen atoms in total. The van der Waals surface area contributed by atoms with E-state index in [2.05, 4.69) is 23.7 Å². The van der Waals surface area contributed by atoms with Gasteiger partial charge >= 0.3 is 11.9 Å². The molecule has 1 saturated heterocycles. The molecule has 1 spiro atoms. The van der Waals surface area contributed by atoms with Gasteiger partial charge in [0.25, 0.3) is 5.91 Å². The summed E-state index contributed by atoms with van der Waals surface area (Å²) in [5.74, 6) is -4.05. The van der Waals surface area contributed by atoms with Gasteiger partial charge in [-0.05, 0) is 30.6 Å². The third kappa shape index (κ3) is 2.42. The number of ether oxygens (including phenoxy) is 2. The third-order valence-electron chi connectivity index (χ3n) is 7.58. The summed E-state index contributed by atoms with van der Waals surface area (Å²) in [7, 11) is -1.72. The van der Waals surface area contributed by atoms with Gasteiger partial charge in [0.05, 0.1) is 26.0 Å². The number of hydrogen-bond donors (Lipinski definition) is 0. The molecule has 2 aliphatic heterocycles. The topological polar surface area (TPSA) is 129 Å². The van der Waals surface area contributed by atoms with Gasteiger partial charge in [-0.2, -0.15) is 0 Å². The minimum Gasteiger partial charge on any atom is -0.468 e. The van der Waals surface area contributed by atoms with E-state index in [0.717, 1.165) is 31.4 Å². The van der Waals surface area contributed by atoms with Gasteiger partial charge in [-0.15, -0.1) is 0 Å². The maximum absolute atomic E-state index is 13.4. The number of esters is 2. The van der Waals surface area contributed by atoms with E-state index in [1.807, 2.05) is 0 Å². The first kappa shape index (κ1) is 20.1. The zero-order valence-electron chi connectivity index (χ0n) is 16.7. The molecule has 5 atom stereocenters. The van der Waals surface area contributed by atoms with Crippen LogP contribution in [0.25, 0.3) is 0 Å². The molecular formula is C18H24N2O8S. The molecule has 2 aliphatic carbocycles. The molecule has 4 aliphatic rings. The van der Waals surface area contributed by atoms with Crippen molar-refractivity contribution in [2.24, 2.45) is 27.8 Å². The highest BCUT2D eigenvalue weighted by molar-refractivity contribution is 7.90. The Morgan fingerprint density at radius 2 is 1.83 bits per heavy atom. The predicted octanol–water partition coefficient (Wildman–Crippen LogP) is 0.0703. The van der Waals surface area contributed by atoms with Crippen LogP contribution in [0.4, 0.5) is 0 Å². The van der Waals surface area contributed by atoms with Crippen LogP contribution in [0.15, 0.2) is 5.16 Å². The van der Waals surface area contributed by atoms with E-state index >= 15 is 0 Å². The van der Waals surface area contributed by atoms with Gasteiger partial charge < -0.3 is 14.3 Å². The molecule has 1 amide bonds. The molecule has 2 bridgehead atoms. The number of sulfonamides is 1. The van der Waals surface area contributed by atoms with Crippen LogP contribution in [0.5, 0.6) is 0 Å². The number of methoxy groups -OCH3 is 2. The molecule has 11 heteroatoms. The second-order valence-electron chi connectivity index (χ2n) is 8.75. The number of fused-ring (bicyclic) bond motifs is 1. The van der Waals surface area contributed by atoms with Crippen molar-refractivity contribution in [3.05, 3.63) is 0 Å². The number of nitrogens with zero attached hydrogens (tertiary/aromatic N) is 2. The van der Waals surface area contributed by atoms with Crippen molar-refractivity contribution in [3.63, 3.8) is 0 Å². The number of hydrogen-bond acceptors (Lipinski definition) is 9. The molecule has 4 rings (SSSR count). The van der Waals surface area contributed by atoms with Gasteiger partial charge in [-0.3, -0.25) is 9.59 Å². The number of carbonyl (C=O) groups excluding carboxylic acids is 3. The van der Waals surface area contributed by atoms with Gasteiger partial charge in [0.2, 0.25) is 16.1 Å². The highest BCUT2D eigenvalue weighted by atomic mass is 32.2. The normalized spacial score (nSPS) is 38.2. The third-order valence-corrected chi connectivity index (χ3v) is 9.48. The summed E-state index contributed by atoms with van der Waals surface area (Å²) in [6.07, 6.45) is 0.740. The number of amides is 1. The largest absolute Gasteiger partial charge is 0.468 e. The van der Waals surface area contributed by atoms with E-state index in [9.17, 15) is 22.8 Å². The van der Waals surface area contributed by atoms with Crippen molar-refractivity contribution in [1.29, 1.82) is 0 Å². The Hall–Kier alpha value is -2.17. The van der Waals surface area contributed by atoms with Crippen LogP contribution in [0.1, 0.15) is 33.1 Å². The summed E-state index contributed by atoms with van der Waals surface area (Å²) in [5, 5.41) is 3.62. The Labute approximate surface area is 168 Å². The SMILES string of the molecule is COC(=O)[C@H]1C(C(=O)N2[C@@H]3C[C@H]4CC[C@]3(CS2(=O)=O)C4(C)C)=NO[C@@H]1C(=O)OC. The minimum absolute atomic E-state index is 0.114. The van der Waals surface area contributed by atoms with Gasteiger partial charge in [-0.25, -0.2) is 17.5 Å². The fraction of sp³-hybridized carbons (Fsp3) is 0.778. The molecule has 2 heterocycles. The van der Waals surface area contributed by atoms with E-state index in [-0.39, 0.29) is 11.2 Å². The summed E-state index contributed by atoms with van der Waals surface area (Å²) >= 11 is 0. The standard InChI is InChI=1S/C18H24N2O8S/c1-17(2)9-5-6-18(17)8-29(24,25)20(10(18)7-9)14(21)12-11(15(22)26-3)13(28-19-12)16(23)27-4/h9-11,13H,5-8H2,1-4H3/t9-,10-,11+,13+,18-/m1/s1. The molecule has 2 saturated carbocycles. The number of rotatable bonds is 3. The maximum atomic E-state index is 13.4. The van der Waals surface area contributed by atoms with Crippen LogP contribution < -0.4 is 0 Å². The van der Waals surface area contributed by atoms with E-state index < -0.39 is 57.1 Å². The maximum Gasteiger partial charge on any atom is 0.351 e. The average Bonchev–Trinajstić information content (AvgIpc) is 3.33. The van der Waals surface area contributed by atoms with Crippen LogP contribution in [0.3, 0.4) is 0 Å². The lowest BCUT2D eigenvalue weighted by Crippen LogP contribution is -2.50. The van der Waals surface area contributed by atoms with E-state index in [1.165, 1.54) is 0 Å².